The highest BCUT2D eigenvalue weighted by Crippen LogP contribution is 2.30. The summed E-state index contributed by atoms with van der Waals surface area (Å²) in [6, 6.07) is 23.8. The fraction of sp³-hybridized carbons (Fsp3) is 0.148. The average molecular weight is 454 g/mol. The van der Waals surface area contributed by atoms with Gasteiger partial charge in [0.05, 0.1) is 5.39 Å². The van der Waals surface area contributed by atoms with E-state index < -0.39 is 0 Å². The van der Waals surface area contributed by atoms with Gasteiger partial charge in [-0.15, -0.1) is 11.3 Å². The zero-order valence-electron chi connectivity index (χ0n) is 18.4. The summed E-state index contributed by atoms with van der Waals surface area (Å²) in [6.45, 7) is 4.38. The summed E-state index contributed by atoms with van der Waals surface area (Å²) in [5, 5.41) is 8.43. The lowest BCUT2D eigenvalue weighted by atomic mass is 10.0. The molecule has 1 amide bonds. The zero-order chi connectivity index (χ0) is 22.8. The van der Waals surface area contributed by atoms with Crippen LogP contribution in [0.3, 0.4) is 0 Å². The van der Waals surface area contributed by atoms with Crippen LogP contribution in [-0.2, 0) is 6.42 Å². The Morgan fingerprint density at radius 1 is 1.03 bits per heavy atom. The van der Waals surface area contributed by atoms with Gasteiger partial charge in [-0.1, -0.05) is 73.6 Å². The van der Waals surface area contributed by atoms with Gasteiger partial charge >= 0.3 is 0 Å². The molecule has 0 saturated carbocycles. The van der Waals surface area contributed by atoms with Gasteiger partial charge in [0.25, 0.3) is 5.91 Å². The molecule has 5 nitrogen and oxygen atoms in total. The topological polar surface area (TPSA) is 68.0 Å². The summed E-state index contributed by atoms with van der Waals surface area (Å²) < 4.78 is 5.54. The van der Waals surface area contributed by atoms with Crippen molar-refractivity contribution < 1.29 is 9.32 Å². The van der Waals surface area contributed by atoms with E-state index in [1.165, 1.54) is 22.5 Å². The predicted molar refractivity (Wildman–Crippen MR) is 133 cm³/mol. The maximum Gasteiger partial charge on any atom is 0.257 e. The van der Waals surface area contributed by atoms with Crippen LogP contribution in [0.1, 0.15) is 46.1 Å². The molecule has 1 N–H and O–H groups in total. The Bertz CT molecular complexity index is 1400. The zero-order valence-corrected chi connectivity index (χ0v) is 19.2. The third-order valence-corrected chi connectivity index (χ3v) is 6.49. The van der Waals surface area contributed by atoms with Crippen molar-refractivity contribution in [2.75, 3.05) is 5.32 Å². The number of carbonyl (C=O) groups is 1. The number of carbonyl (C=O) groups excluding carboxylic acids is 1. The van der Waals surface area contributed by atoms with Crippen LogP contribution in [0.5, 0.6) is 0 Å². The van der Waals surface area contributed by atoms with Crippen LogP contribution in [-0.4, -0.2) is 16.0 Å². The lowest BCUT2D eigenvalue weighted by molar-refractivity contribution is 0.102. The molecular formula is C27H23N3O2S. The molecule has 0 fully saturated rings. The molecule has 0 aliphatic rings. The number of nitrogens with zero attached hydrogens (tertiary/aromatic N) is 2. The quantitative estimate of drug-likeness (QED) is 0.303. The molecule has 0 saturated heterocycles. The number of amides is 1. The second kappa shape index (κ2) is 9.00. The summed E-state index contributed by atoms with van der Waals surface area (Å²) >= 11 is 1.49. The first kappa shape index (κ1) is 21.1. The number of nitrogens with one attached hydrogen (secondary N) is 1. The van der Waals surface area contributed by atoms with Crippen LogP contribution in [0.25, 0.3) is 22.2 Å². The third-order valence-electron chi connectivity index (χ3n) is 5.57. The van der Waals surface area contributed by atoms with Crippen LogP contribution < -0.4 is 5.32 Å². The van der Waals surface area contributed by atoms with Gasteiger partial charge < -0.3 is 4.52 Å². The Balaban J connectivity index is 1.31. The van der Waals surface area contributed by atoms with Crippen LogP contribution in [0.4, 0.5) is 5.13 Å². The summed E-state index contributed by atoms with van der Waals surface area (Å²) in [6.07, 6.45) is 2.62. The molecule has 5 aromatic rings. The maximum atomic E-state index is 12.9. The number of aromatic nitrogens is 2. The largest absolute Gasteiger partial charge is 0.355 e. The molecule has 0 spiro atoms. The first-order valence-electron chi connectivity index (χ1n) is 10.9. The Kier molecular flexibility index (Phi) is 5.75. The predicted octanol–water partition coefficient (Wildman–Crippen LogP) is 6.92. The highest BCUT2D eigenvalue weighted by atomic mass is 32.1. The van der Waals surface area contributed by atoms with Crippen LogP contribution >= 0.6 is 11.3 Å². The van der Waals surface area contributed by atoms with E-state index in [0.29, 0.717) is 27.9 Å². The van der Waals surface area contributed by atoms with Gasteiger partial charge in [-0.3, -0.25) is 10.1 Å². The Hall–Kier alpha value is -3.77. The standard InChI is InChI=1S/C27H23N3O2S/c1-17(2)19-10-8-18(9-11-19)14-22-16-28-27(33-22)29-26(31)21-12-13-24-23(15-21)25(32-30-24)20-6-4-3-5-7-20/h3-13,15-17H,14H2,1-2H3,(H,28,29,31). The SMILES string of the molecule is CC(C)c1ccc(Cc2cnc(NC(=O)c3ccc4noc(-c5ccccc5)c4c3)s2)cc1. The molecule has 33 heavy (non-hydrogen) atoms. The van der Waals surface area contributed by atoms with Crippen molar-refractivity contribution in [1.82, 2.24) is 10.1 Å². The van der Waals surface area contributed by atoms with Crippen molar-refractivity contribution in [2.24, 2.45) is 0 Å². The molecule has 3 aromatic carbocycles. The molecule has 0 bridgehead atoms. The van der Waals surface area contributed by atoms with Crippen molar-refractivity contribution >= 4 is 33.3 Å². The van der Waals surface area contributed by atoms with Gasteiger partial charge in [0, 0.05) is 28.6 Å². The molecule has 6 heteroatoms. The maximum absolute atomic E-state index is 12.9. The molecule has 2 heterocycles. The summed E-state index contributed by atoms with van der Waals surface area (Å²) in [5.74, 6) is 0.963. The van der Waals surface area contributed by atoms with Crippen molar-refractivity contribution in [2.45, 2.75) is 26.2 Å². The second-order valence-electron chi connectivity index (χ2n) is 8.27. The van der Waals surface area contributed by atoms with Crippen molar-refractivity contribution in [1.29, 1.82) is 0 Å². The molecule has 0 aliphatic carbocycles. The molecule has 2 aromatic heterocycles. The minimum atomic E-state index is -0.209. The molecule has 5 rings (SSSR count). The van der Waals surface area contributed by atoms with Gasteiger partial charge in [-0.05, 0) is 35.2 Å². The molecule has 164 valence electrons. The van der Waals surface area contributed by atoms with E-state index in [4.69, 9.17) is 4.52 Å². The van der Waals surface area contributed by atoms with E-state index in [2.05, 4.69) is 53.6 Å². The smallest absolute Gasteiger partial charge is 0.257 e. The van der Waals surface area contributed by atoms with Gasteiger partial charge in [0.15, 0.2) is 10.9 Å². The third kappa shape index (κ3) is 4.56. The highest BCUT2D eigenvalue weighted by Gasteiger charge is 2.15. The van der Waals surface area contributed by atoms with Crippen molar-refractivity contribution in [3.8, 4) is 11.3 Å². The molecule has 0 unspecified atom stereocenters. The fourth-order valence-electron chi connectivity index (χ4n) is 3.72. The minimum absolute atomic E-state index is 0.209. The number of hydrogen-bond donors (Lipinski definition) is 1. The van der Waals surface area contributed by atoms with E-state index in [1.54, 1.807) is 12.1 Å². The number of thiazole rings is 1. The van der Waals surface area contributed by atoms with Gasteiger partial charge in [-0.2, -0.15) is 0 Å². The van der Waals surface area contributed by atoms with E-state index in [0.717, 1.165) is 22.2 Å². The van der Waals surface area contributed by atoms with Crippen LogP contribution in [0, 0.1) is 0 Å². The lowest BCUT2D eigenvalue weighted by Crippen LogP contribution is -2.11. The van der Waals surface area contributed by atoms with E-state index in [9.17, 15) is 4.79 Å². The Morgan fingerprint density at radius 2 is 1.82 bits per heavy atom. The number of benzene rings is 3. The summed E-state index contributed by atoms with van der Waals surface area (Å²) in [7, 11) is 0. The average Bonchev–Trinajstić information content (AvgIpc) is 3.46. The van der Waals surface area contributed by atoms with E-state index >= 15 is 0 Å². The van der Waals surface area contributed by atoms with E-state index in [1.807, 2.05) is 42.6 Å². The number of hydrogen-bond acceptors (Lipinski definition) is 5. The monoisotopic (exact) mass is 453 g/mol. The Labute approximate surface area is 196 Å². The highest BCUT2D eigenvalue weighted by molar-refractivity contribution is 7.15. The van der Waals surface area contributed by atoms with Crippen molar-refractivity contribution in [3.05, 3.63) is 101 Å². The first-order chi connectivity index (χ1) is 16.1. The fourth-order valence-corrected chi connectivity index (χ4v) is 4.56. The molecule has 0 aliphatic heterocycles. The van der Waals surface area contributed by atoms with Gasteiger partial charge in [-0.25, -0.2) is 4.98 Å². The minimum Gasteiger partial charge on any atom is -0.355 e. The van der Waals surface area contributed by atoms with Gasteiger partial charge in [0.2, 0.25) is 0 Å². The number of anilines is 1. The summed E-state index contributed by atoms with van der Waals surface area (Å²) in [4.78, 5) is 18.4. The lowest BCUT2D eigenvalue weighted by Gasteiger charge is -2.06. The van der Waals surface area contributed by atoms with E-state index in [-0.39, 0.29) is 5.91 Å². The molecule has 0 atom stereocenters. The Morgan fingerprint density at radius 3 is 2.58 bits per heavy atom. The second-order valence-corrected chi connectivity index (χ2v) is 9.38. The molecule has 0 radical (unpaired) electrons. The summed E-state index contributed by atoms with van der Waals surface area (Å²) in [5.41, 5.74) is 4.72. The van der Waals surface area contributed by atoms with Crippen molar-refractivity contribution in [3.63, 3.8) is 0 Å². The number of rotatable bonds is 6. The van der Waals surface area contributed by atoms with Crippen LogP contribution in [0.15, 0.2) is 83.5 Å². The molecular weight excluding hydrogens is 430 g/mol. The first-order valence-corrected chi connectivity index (χ1v) is 11.7. The number of fused-ring (bicyclic) bond motifs is 1. The van der Waals surface area contributed by atoms with Gasteiger partial charge in [0.1, 0.15) is 5.52 Å². The van der Waals surface area contributed by atoms with Crippen LogP contribution in [0.2, 0.25) is 0 Å². The normalized spacial score (nSPS) is 11.2.